The topological polar surface area (TPSA) is 82.2 Å². The Morgan fingerprint density at radius 2 is 1.97 bits per heavy atom. The standard InChI is InChI=1S/C23H27F2N7O/c1-3-33-17-6-4-16(5-7-17)29-23-27-12-20-18(8-9-32(20)30-23)15-10-19-22(26-11-15)28-14(2)31(19)13-21(24)25/h8-12,16-17,21H,3-7,13H2,1-2H3,(H,29,30). The predicted octanol–water partition coefficient (Wildman–Crippen LogP) is 4.47. The summed E-state index contributed by atoms with van der Waals surface area (Å²) in [5, 5.41) is 8.06. The van der Waals surface area contributed by atoms with Crippen molar-refractivity contribution in [3.05, 3.63) is 36.5 Å². The number of hydrogen-bond donors (Lipinski definition) is 1. The van der Waals surface area contributed by atoms with Gasteiger partial charge in [0, 0.05) is 36.2 Å². The number of imidazole rings is 1. The molecule has 10 heteroatoms. The van der Waals surface area contributed by atoms with Crippen molar-refractivity contribution in [3.8, 4) is 11.1 Å². The molecule has 0 bridgehead atoms. The SMILES string of the molecule is CCOC1CCC(Nc2ncc3c(-c4cnc5nc(C)n(CC(F)F)c5c4)ccn3n2)CC1. The monoisotopic (exact) mass is 455 g/mol. The third-order valence-electron chi connectivity index (χ3n) is 6.25. The van der Waals surface area contributed by atoms with Crippen LogP contribution in [0.5, 0.6) is 0 Å². The van der Waals surface area contributed by atoms with Crippen LogP contribution in [0.25, 0.3) is 27.8 Å². The first-order valence-corrected chi connectivity index (χ1v) is 11.4. The van der Waals surface area contributed by atoms with E-state index >= 15 is 0 Å². The smallest absolute Gasteiger partial charge is 0.256 e. The average Bonchev–Trinajstić information content (AvgIpc) is 3.35. The Hall–Kier alpha value is -3.14. The highest BCUT2D eigenvalue weighted by molar-refractivity contribution is 5.85. The molecule has 0 unspecified atom stereocenters. The molecule has 1 fully saturated rings. The number of ether oxygens (including phenoxy) is 1. The van der Waals surface area contributed by atoms with Crippen molar-refractivity contribution in [1.82, 2.24) is 29.1 Å². The molecule has 4 aromatic rings. The van der Waals surface area contributed by atoms with E-state index in [1.807, 2.05) is 25.3 Å². The number of anilines is 1. The highest BCUT2D eigenvalue weighted by Gasteiger charge is 2.22. The normalized spacial score (nSPS) is 19.1. The number of aromatic nitrogens is 6. The fourth-order valence-corrected chi connectivity index (χ4v) is 4.64. The number of hydrogen-bond acceptors (Lipinski definition) is 6. The average molecular weight is 456 g/mol. The molecule has 0 atom stereocenters. The maximum atomic E-state index is 13.0. The lowest BCUT2D eigenvalue weighted by molar-refractivity contribution is 0.0346. The predicted molar refractivity (Wildman–Crippen MR) is 122 cm³/mol. The molecule has 33 heavy (non-hydrogen) atoms. The Labute approximate surface area is 190 Å². The number of rotatable bonds is 7. The van der Waals surface area contributed by atoms with Crippen molar-refractivity contribution in [2.45, 2.75) is 64.6 Å². The number of fused-ring (bicyclic) bond motifs is 2. The second-order valence-electron chi connectivity index (χ2n) is 8.44. The fraction of sp³-hybridized carbons (Fsp3) is 0.478. The van der Waals surface area contributed by atoms with Crippen molar-refractivity contribution in [1.29, 1.82) is 0 Å². The van der Waals surface area contributed by atoms with E-state index in [0.29, 0.717) is 35.1 Å². The van der Waals surface area contributed by atoms with Crippen LogP contribution < -0.4 is 5.32 Å². The first-order valence-electron chi connectivity index (χ1n) is 11.4. The first-order chi connectivity index (χ1) is 16.0. The molecular formula is C23H27F2N7O. The van der Waals surface area contributed by atoms with Crippen LogP contribution in [0.2, 0.25) is 0 Å². The summed E-state index contributed by atoms with van der Waals surface area (Å²) in [6, 6.07) is 4.12. The highest BCUT2D eigenvalue weighted by atomic mass is 19.3. The van der Waals surface area contributed by atoms with E-state index in [-0.39, 0.29) is 0 Å². The maximum absolute atomic E-state index is 13.0. The van der Waals surface area contributed by atoms with Crippen LogP contribution in [0.1, 0.15) is 38.4 Å². The molecule has 1 saturated carbocycles. The van der Waals surface area contributed by atoms with E-state index in [2.05, 4.69) is 25.4 Å². The molecular weight excluding hydrogens is 428 g/mol. The van der Waals surface area contributed by atoms with Crippen LogP contribution in [0, 0.1) is 6.92 Å². The summed E-state index contributed by atoms with van der Waals surface area (Å²) in [4.78, 5) is 13.2. The number of aryl methyl sites for hydroxylation is 1. The van der Waals surface area contributed by atoms with Crippen molar-refractivity contribution < 1.29 is 13.5 Å². The van der Waals surface area contributed by atoms with E-state index in [4.69, 9.17) is 4.74 Å². The van der Waals surface area contributed by atoms with E-state index < -0.39 is 13.0 Å². The Bertz CT molecular complexity index is 1260. The highest BCUT2D eigenvalue weighted by Crippen LogP contribution is 2.28. The zero-order chi connectivity index (χ0) is 22.9. The van der Waals surface area contributed by atoms with E-state index in [1.165, 1.54) is 4.57 Å². The lowest BCUT2D eigenvalue weighted by Gasteiger charge is -2.28. The van der Waals surface area contributed by atoms with Gasteiger partial charge in [0.15, 0.2) is 5.65 Å². The number of halogens is 2. The van der Waals surface area contributed by atoms with Gasteiger partial charge in [0.25, 0.3) is 6.43 Å². The summed E-state index contributed by atoms with van der Waals surface area (Å²) in [6.45, 7) is 4.10. The van der Waals surface area contributed by atoms with E-state index in [0.717, 1.165) is 48.9 Å². The minimum atomic E-state index is -2.46. The molecule has 174 valence electrons. The number of nitrogens with zero attached hydrogens (tertiary/aromatic N) is 6. The zero-order valence-corrected chi connectivity index (χ0v) is 18.7. The quantitative estimate of drug-likeness (QED) is 0.443. The van der Waals surface area contributed by atoms with Gasteiger partial charge >= 0.3 is 0 Å². The van der Waals surface area contributed by atoms with Gasteiger partial charge in [0.1, 0.15) is 5.82 Å². The van der Waals surface area contributed by atoms with Gasteiger partial charge in [-0.2, -0.15) is 0 Å². The van der Waals surface area contributed by atoms with Crippen LogP contribution in [0.4, 0.5) is 14.7 Å². The van der Waals surface area contributed by atoms with E-state index in [1.54, 1.807) is 23.8 Å². The van der Waals surface area contributed by atoms with Gasteiger partial charge in [0.05, 0.1) is 29.9 Å². The summed E-state index contributed by atoms with van der Waals surface area (Å²) < 4.78 is 35.1. The number of pyridine rings is 1. The van der Waals surface area contributed by atoms with Gasteiger partial charge in [-0.1, -0.05) is 0 Å². The third-order valence-corrected chi connectivity index (χ3v) is 6.25. The summed E-state index contributed by atoms with van der Waals surface area (Å²) in [5.74, 6) is 1.11. The molecule has 0 aromatic carbocycles. The Balaban J connectivity index is 1.38. The van der Waals surface area contributed by atoms with Gasteiger partial charge in [-0.05, 0) is 51.7 Å². The maximum Gasteiger partial charge on any atom is 0.256 e. The largest absolute Gasteiger partial charge is 0.379 e. The molecule has 1 N–H and O–H groups in total. The number of alkyl halides is 2. The van der Waals surface area contributed by atoms with Crippen molar-refractivity contribution in [2.24, 2.45) is 0 Å². The molecule has 8 nitrogen and oxygen atoms in total. The van der Waals surface area contributed by atoms with Gasteiger partial charge in [-0.3, -0.25) is 0 Å². The van der Waals surface area contributed by atoms with Crippen LogP contribution in [-0.2, 0) is 11.3 Å². The summed E-state index contributed by atoms with van der Waals surface area (Å²) >= 11 is 0. The summed E-state index contributed by atoms with van der Waals surface area (Å²) in [5.41, 5.74) is 3.56. The van der Waals surface area contributed by atoms with Gasteiger partial charge in [-0.15, -0.1) is 5.10 Å². The molecule has 4 aromatic heterocycles. The number of nitrogens with one attached hydrogen (secondary N) is 1. The van der Waals surface area contributed by atoms with Crippen LogP contribution >= 0.6 is 0 Å². The Morgan fingerprint density at radius 1 is 1.15 bits per heavy atom. The van der Waals surface area contributed by atoms with Crippen LogP contribution in [0.15, 0.2) is 30.7 Å². The van der Waals surface area contributed by atoms with Gasteiger partial charge < -0.3 is 14.6 Å². The van der Waals surface area contributed by atoms with Gasteiger partial charge in [0.2, 0.25) is 5.95 Å². The molecule has 5 rings (SSSR count). The molecule has 1 aliphatic carbocycles. The fourth-order valence-electron chi connectivity index (χ4n) is 4.64. The van der Waals surface area contributed by atoms with Crippen molar-refractivity contribution >= 4 is 22.6 Å². The molecule has 4 heterocycles. The Kier molecular flexibility index (Phi) is 5.92. The molecule has 1 aliphatic rings. The molecule has 0 amide bonds. The molecule has 0 aliphatic heterocycles. The molecule has 0 spiro atoms. The minimum Gasteiger partial charge on any atom is -0.379 e. The summed E-state index contributed by atoms with van der Waals surface area (Å²) in [6.07, 6.45) is 7.39. The van der Waals surface area contributed by atoms with E-state index in [9.17, 15) is 8.78 Å². The first kappa shape index (κ1) is 21.7. The molecule has 0 radical (unpaired) electrons. The lowest BCUT2D eigenvalue weighted by atomic mass is 9.93. The Morgan fingerprint density at radius 3 is 2.73 bits per heavy atom. The van der Waals surface area contributed by atoms with Gasteiger partial charge in [-0.25, -0.2) is 28.2 Å². The minimum absolute atomic E-state index is 0.333. The van der Waals surface area contributed by atoms with Crippen LogP contribution in [-0.4, -0.2) is 54.3 Å². The lowest BCUT2D eigenvalue weighted by Crippen LogP contribution is -2.30. The zero-order valence-electron chi connectivity index (χ0n) is 18.7. The second-order valence-corrected chi connectivity index (χ2v) is 8.44. The van der Waals surface area contributed by atoms with Crippen molar-refractivity contribution in [2.75, 3.05) is 11.9 Å². The molecule has 0 saturated heterocycles. The third kappa shape index (κ3) is 4.39. The van der Waals surface area contributed by atoms with Crippen LogP contribution in [0.3, 0.4) is 0 Å². The van der Waals surface area contributed by atoms with Crippen molar-refractivity contribution in [3.63, 3.8) is 0 Å². The summed E-state index contributed by atoms with van der Waals surface area (Å²) in [7, 11) is 0. The second kappa shape index (κ2) is 9.01.